The molecule has 1 aromatic carbocycles. The molecule has 17 heavy (non-hydrogen) atoms. The Morgan fingerprint density at radius 1 is 1.41 bits per heavy atom. The van der Waals surface area contributed by atoms with Gasteiger partial charge in [0.2, 0.25) is 0 Å². The molecular formula is C10H11ClF3NO2. The lowest BCUT2D eigenvalue weighted by Gasteiger charge is -2.13. The minimum Gasteiger partial charge on any atom is -0.432 e. The molecule has 0 spiro atoms. The van der Waals surface area contributed by atoms with E-state index in [-0.39, 0.29) is 18.1 Å². The quantitative estimate of drug-likeness (QED) is 0.780. The van der Waals surface area contributed by atoms with Crippen molar-refractivity contribution in [2.45, 2.75) is 12.7 Å². The van der Waals surface area contributed by atoms with Crippen LogP contribution in [0.5, 0.6) is 5.75 Å². The average Bonchev–Trinajstić information content (AvgIpc) is 2.29. The molecule has 0 aliphatic heterocycles. The molecule has 0 radical (unpaired) electrons. The van der Waals surface area contributed by atoms with Gasteiger partial charge >= 0.3 is 6.61 Å². The lowest BCUT2D eigenvalue weighted by Crippen LogP contribution is -2.21. The van der Waals surface area contributed by atoms with Crippen LogP contribution in [0.25, 0.3) is 0 Å². The molecule has 0 saturated carbocycles. The number of halogens is 4. The third-order valence-corrected chi connectivity index (χ3v) is 2.24. The zero-order valence-electron chi connectivity index (χ0n) is 8.67. The molecule has 0 fully saturated rings. The SMILES string of the molecule is OC(CCl)CNc1cccc(OC(F)F)c1F. The van der Waals surface area contributed by atoms with Crippen molar-refractivity contribution in [1.82, 2.24) is 0 Å². The van der Waals surface area contributed by atoms with E-state index in [2.05, 4.69) is 10.1 Å². The lowest BCUT2D eigenvalue weighted by atomic mass is 10.2. The Bertz CT molecular complexity index is 365. The second-order valence-corrected chi connectivity index (χ2v) is 3.49. The van der Waals surface area contributed by atoms with Crippen LogP contribution in [0.3, 0.4) is 0 Å². The monoisotopic (exact) mass is 269 g/mol. The summed E-state index contributed by atoms with van der Waals surface area (Å²) in [5.41, 5.74) is -0.0349. The maximum Gasteiger partial charge on any atom is 0.387 e. The van der Waals surface area contributed by atoms with Crippen LogP contribution in [0, 0.1) is 5.82 Å². The smallest absolute Gasteiger partial charge is 0.387 e. The Morgan fingerprint density at radius 2 is 2.12 bits per heavy atom. The summed E-state index contributed by atoms with van der Waals surface area (Å²) < 4.78 is 41.4. The Hall–Kier alpha value is -1.14. The predicted octanol–water partition coefficient (Wildman–Crippen LogP) is 2.44. The summed E-state index contributed by atoms with van der Waals surface area (Å²) in [5.74, 6) is -1.50. The van der Waals surface area contributed by atoms with Crippen LogP contribution < -0.4 is 10.1 Å². The summed E-state index contributed by atoms with van der Waals surface area (Å²) in [6.45, 7) is -3.08. The van der Waals surface area contributed by atoms with Crippen LogP contribution in [-0.4, -0.2) is 30.2 Å². The van der Waals surface area contributed by atoms with Gasteiger partial charge in [-0.25, -0.2) is 4.39 Å². The molecule has 96 valence electrons. The number of alkyl halides is 3. The molecule has 2 N–H and O–H groups in total. The highest BCUT2D eigenvalue weighted by Crippen LogP contribution is 2.25. The van der Waals surface area contributed by atoms with Crippen molar-refractivity contribution in [3.05, 3.63) is 24.0 Å². The molecular weight excluding hydrogens is 259 g/mol. The molecule has 1 rings (SSSR count). The molecule has 1 atom stereocenters. The van der Waals surface area contributed by atoms with Crippen molar-refractivity contribution in [2.24, 2.45) is 0 Å². The standard InChI is InChI=1S/C10H11ClF3NO2/c11-4-6(16)5-15-7-2-1-3-8(9(7)12)17-10(13)14/h1-3,6,10,15-16H,4-5H2. The molecule has 0 aliphatic rings. The molecule has 7 heteroatoms. The van der Waals surface area contributed by atoms with Gasteiger partial charge in [0.1, 0.15) is 0 Å². The number of nitrogens with one attached hydrogen (secondary N) is 1. The molecule has 0 aliphatic carbocycles. The third kappa shape index (κ3) is 4.32. The first-order valence-corrected chi connectivity index (χ1v) is 5.29. The zero-order chi connectivity index (χ0) is 12.8. The number of hydrogen-bond acceptors (Lipinski definition) is 3. The van der Waals surface area contributed by atoms with Crippen LogP contribution in [0.15, 0.2) is 18.2 Å². The van der Waals surface area contributed by atoms with Gasteiger partial charge in [-0.1, -0.05) is 6.07 Å². The van der Waals surface area contributed by atoms with E-state index < -0.39 is 24.3 Å². The van der Waals surface area contributed by atoms with E-state index in [1.54, 1.807) is 0 Å². The Morgan fingerprint density at radius 3 is 2.71 bits per heavy atom. The second-order valence-electron chi connectivity index (χ2n) is 3.19. The van der Waals surface area contributed by atoms with Crippen LogP contribution >= 0.6 is 11.6 Å². The lowest BCUT2D eigenvalue weighted by molar-refractivity contribution is -0.0521. The Labute approximate surface area is 101 Å². The normalized spacial score (nSPS) is 12.6. The fourth-order valence-electron chi connectivity index (χ4n) is 1.12. The number of aliphatic hydroxyl groups excluding tert-OH is 1. The molecule has 0 heterocycles. The number of aliphatic hydroxyl groups is 1. The van der Waals surface area contributed by atoms with Crippen LogP contribution in [0.2, 0.25) is 0 Å². The first-order chi connectivity index (χ1) is 8.04. The Kier molecular flexibility index (Phi) is 5.37. The molecule has 3 nitrogen and oxygen atoms in total. The highest BCUT2D eigenvalue weighted by Gasteiger charge is 2.13. The summed E-state index contributed by atoms with van der Waals surface area (Å²) in [7, 11) is 0. The van der Waals surface area contributed by atoms with Gasteiger partial charge in [0.15, 0.2) is 11.6 Å². The summed E-state index contributed by atoms with van der Waals surface area (Å²) in [5, 5.41) is 11.7. The number of ether oxygens (including phenoxy) is 1. The van der Waals surface area contributed by atoms with Gasteiger partial charge in [-0.05, 0) is 12.1 Å². The molecule has 0 saturated heterocycles. The van der Waals surface area contributed by atoms with Crippen LogP contribution in [-0.2, 0) is 0 Å². The van der Waals surface area contributed by atoms with Crippen LogP contribution in [0.1, 0.15) is 0 Å². The molecule has 0 bridgehead atoms. The summed E-state index contributed by atoms with van der Waals surface area (Å²) in [6.07, 6.45) is -0.851. The van der Waals surface area contributed by atoms with E-state index in [1.807, 2.05) is 0 Å². The van der Waals surface area contributed by atoms with Crippen molar-refractivity contribution in [3.63, 3.8) is 0 Å². The Balaban J connectivity index is 2.72. The van der Waals surface area contributed by atoms with Gasteiger partial charge in [0.25, 0.3) is 0 Å². The van der Waals surface area contributed by atoms with Gasteiger partial charge in [-0.2, -0.15) is 8.78 Å². The van der Waals surface area contributed by atoms with Gasteiger partial charge in [0.05, 0.1) is 17.7 Å². The van der Waals surface area contributed by atoms with Crippen molar-refractivity contribution in [1.29, 1.82) is 0 Å². The van der Waals surface area contributed by atoms with E-state index >= 15 is 0 Å². The third-order valence-electron chi connectivity index (χ3n) is 1.89. The maximum atomic E-state index is 13.6. The van der Waals surface area contributed by atoms with Crippen LogP contribution in [0.4, 0.5) is 18.9 Å². The number of hydrogen-bond donors (Lipinski definition) is 2. The largest absolute Gasteiger partial charge is 0.432 e. The maximum absolute atomic E-state index is 13.6. The predicted molar refractivity (Wildman–Crippen MR) is 58.2 cm³/mol. The van der Waals surface area contributed by atoms with E-state index in [1.165, 1.54) is 12.1 Å². The minimum absolute atomic E-state index is 0.0121. The topological polar surface area (TPSA) is 41.5 Å². The van der Waals surface area contributed by atoms with Gasteiger partial charge in [-0.3, -0.25) is 0 Å². The zero-order valence-corrected chi connectivity index (χ0v) is 9.42. The van der Waals surface area contributed by atoms with E-state index in [4.69, 9.17) is 16.7 Å². The summed E-state index contributed by atoms with van der Waals surface area (Å²) in [4.78, 5) is 0. The molecule has 0 amide bonds. The van der Waals surface area contributed by atoms with Crippen molar-refractivity contribution < 1.29 is 23.0 Å². The van der Waals surface area contributed by atoms with Crippen molar-refractivity contribution in [2.75, 3.05) is 17.7 Å². The van der Waals surface area contributed by atoms with Gasteiger partial charge in [-0.15, -0.1) is 11.6 Å². The second kappa shape index (κ2) is 6.56. The van der Waals surface area contributed by atoms with E-state index in [9.17, 15) is 13.2 Å². The highest BCUT2D eigenvalue weighted by atomic mass is 35.5. The fourth-order valence-corrected chi connectivity index (χ4v) is 1.23. The van der Waals surface area contributed by atoms with Gasteiger partial charge < -0.3 is 15.2 Å². The average molecular weight is 270 g/mol. The van der Waals surface area contributed by atoms with Crippen molar-refractivity contribution in [3.8, 4) is 5.75 Å². The summed E-state index contributed by atoms with van der Waals surface area (Å²) >= 11 is 5.35. The summed E-state index contributed by atoms with van der Waals surface area (Å²) in [6, 6.07) is 3.79. The molecule has 1 unspecified atom stereocenters. The van der Waals surface area contributed by atoms with Gasteiger partial charge in [0, 0.05) is 6.54 Å². The minimum atomic E-state index is -3.09. The first kappa shape index (κ1) is 13.9. The number of anilines is 1. The number of rotatable bonds is 6. The van der Waals surface area contributed by atoms with Crippen molar-refractivity contribution >= 4 is 17.3 Å². The molecule has 0 aromatic heterocycles. The molecule has 1 aromatic rings. The van der Waals surface area contributed by atoms with E-state index in [0.717, 1.165) is 6.07 Å². The first-order valence-electron chi connectivity index (χ1n) is 4.75. The van der Waals surface area contributed by atoms with E-state index in [0.29, 0.717) is 0 Å². The number of benzene rings is 1. The highest BCUT2D eigenvalue weighted by molar-refractivity contribution is 6.18. The fraction of sp³-hybridized carbons (Fsp3) is 0.400.